The van der Waals surface area contributed by atoms with Crippen LogP contribution in [0.25, 0.3) is 0 Å². The van der Waals surface area contributed by atoms with Crippen molar-refractivity contribution in [2.24, 2.45) is 0 Å². The second-order valence-corrected chi connectivity index (χ2v) is 10.9. The predicted molar refractivity (Wildman–Crippen MR) is 177 cm³/mol. The first-order valence-corrected chi connectivity index (χ1v) is 14.6. The molecule has 1 aromatic carbocycles. The molecule has 5 rings (SSSR count). The molecule has 216 valence electrons. The Labute approximate surface area is 248 Å². The number of benzene rings is 1. The normalized spacial score (nSPS) is 9.00. The Morgan fingerprint density at radius 3 is 1.10 bits per heavy atom. The quantitative estimate of drug-likeness (QED) is 0.190. The van der Waals surface area contributed by atoms with Crippen molar-refractivity contribution in [3.63, 3.8) is 0 Å². The highest BCUT2D eigenvalue weighted by Crippen LogP contribution is 2.12. The molecule has 0 spiro atoms. The molecular formula is C36H50N2OS. The molecule has 0 aliphatic heterocycles. The molecule has 0 N–H and O–H groups in total. The molecule has 0 fully saturated rings. The summed E-state index contributed by atoms with van der Waals surface area (Å²) in [7, 11) is 0. The van der Waals surface area contributed by atoms with E-state index in [1.807, 2.05) is 109 Å². The van der Waals surface area contributed by atoms with Gasteiger partial charge in [0.2, 0.25) is 0 Å². The summed E-state index contributed by atoms with van der Waals surface area (Å²) < 4.78 is 5.08. The lowest BCUT2D eigenvalue weighted by atomic mass is 10.2. The van der Waals surface area contributed by atoms with Crippen molar-refractivity contribution in [2.45, 2.75) is 83.1 Å². The standard InChI is InChI=1S/C8H10.2C7H9N.C6H8O.C6H8S.C2H6/c1-7-4-3-5-8(2)6-7;1-6-3-7(2)5-8-4-6;1-6-4-3-5-7(2)8-6;2*1-5-3-4-6(2)7-5;1-2/h3-6H,1-2H3;2*3-5H,1-2H3;2*3-4H,1-2H3;1-2H3. The molecule has 0 saturated heterocycles. The molecule has 4 heteroatoms. The summed E-state index contributed by atoms with van der Waals surface area (Å²) in [4.78, 5) is 11.0. The van der Waals surface area contributed by atoms with E-state index in [9.17, 15) is 0 Å². The zero-order chi connectivity index (χ0) is 30.5. The van der Waals surface area contributed by atoms with Gasteiger partial charge in [-0.15, -0.1) is 11.3 Å². The lowest BCUT2D eigenvalue weighted by Gasteiger charge is -1.90. The highest BCUT2D eigenvalue weighted by molar-refractivity contribution is 7.11. The maximum atomic E-state index is 5.08. The van der Waals surface area contributed by atoms with Gasteiger partial charge >= 0.3 is 0 Å². The average molecular weight is 559 g/mol. The van der Waals surface area contributed by atoms with Crippen molar-refractivity contribution in [2.75, 3.05) is 0 Å². The van der Waals surface area contributed by atoms with Crippen molar-refractivity contribution < 1.29 is 4.42 Å². The highest BCUT2D eigenvalue weighted by Gasteiger charge is 1.86. The molecule has 5 aromatic rings. The second-order valence-electron chi connectivity index (χ2n) is 9.43. The van der Waals surface area contributed by atoms with Crippen LogP contribution in [-0.4, -0.2) is 9.97 Å². The van der Waals surface area contributed by atoms with Gasteiger partial charge in [-0.2, -0.15) is 0 Å². The lowest BCUT2D eigenvalue weighted by Crippen LogP contribution is -1.81. The molecule has 0 aliphatic rings. The molecule has 0 atom stereocenters. The molecule has 4 heterocycles. The summed E-state index contributed by atoms with van der Waals surface area (Å²) in [6, 6.07) is 24.7. The van der Waals surface area contributed by atoms with E-state index in [2.05, 4.69) is 80.1 Å². The molecule has 40 heavy (non-hydrogen) atoms. The van der Waals surface area contributed by atoms with Crippen LogP contribution >= 0.6 is 11.3 Å². The predicted octanol–water partition coefficient (Wildman–Crippen LogP) is 11.0. The monoisotopic (exact) mass is 558 g/mol. The molecule has 0 bridgehead atoms. The minimum atomic E-state index is 0.984. The van der Waals surface area contributed by atoms with Gasteiger partial charge in [-0.1, -0.05) is 61.4 Å². The summed E-state index contributed by atoms with van der Waals surface area (Å²) in [6.07, 6.45) is 3.71. The Morgan fingerprint density at radius 1 is 0.500 bits per heavy atom. The van der Waals surface area contributed by atoms with Crippen molar-refractivity contribution >= 4 is 11.3 Å². The van der Waals surface area contributed by atoms with Gasteiger partial charge in [-0.05, 0) is 117 Å². The van der Waals surface area contributed by atoms with E-state index in [4.69, 9.17) is 4.42 Å². The topological polar surface area (TPSA) is 38.9 Å². The van der Waals surface area contributed by atoms with E-state index < -0.39 is 0 Å². The minimum Gasteiger partial charge on any atom is -0.467 e. The van der Waals surface area contributed by atoms with Gasteiger partial charge in [-0.3, -0.25) is 9.97 Å². The van der Waals surface area contributed by atoms with Crippen LogP contribution in [0.5, 0.6) is 0 Å². The number of furan rings is 1. The van der Waals surface area contributed by atoms with Gasteiger partial charge in [-0.25, -0.2) is 0 Å². The SMILES string of the molecule is CC.Cc1ccc(C)o1.Cc1ccc(C)s1.Cc1cccc(C)c1.Cc1cccc(C)n1.Cc1cncc(C)c1. The largest absolute Gasteiger partial charge is 0.467 e. The van der Waals surface area contributed by atoms with Gasteiger partial charge in [0, 0.05) is 33.5 Å². The number of nitrogens with zero attached hydrogens (tertiary/aromatic N) is 2. The molecule has 0 aliphatic carbocycles. The Kier molecular flexibility index (Phi) is 19.5. The molecule has 4 aromatic heterocycles. The Bertz CT molecular complexity index is 1110. The zero-order valence-corrected chi connectivity index (χ0v) is 27.6. The van der Waals surface area contributed by atoms with E-state index in [0.717, 1.165) is 22.9 Å². The maximum absolute atomic E-state index is 5.08. The van der Waals surface area contributed by atoms with E-state index in [-0.39, 0.29) is 0 Å². The van der Waals surface area contributed by atoms with Crippen LogP contribution in [0, 0.1) is 69.2 Å². The number of aromatic nitrogens is 2. The fraction of sp³-hybridized carbons (Fsp3) is 0.333. The van der Waals surface area contributed by atoms with E-state index >= 15 is 0 Å². The third kappa shape index (κ3) is 19.6. The zero-order valence-electron chi connectivity index (χ0n) is 26.8. The number of hydrogen-bond acceptors (Lipinski definition) is 4. The number of rotatable bonds is 0. The first kappa shape index (κ1) is 36.5. The average Bonchev–Trinajstić information content (AvgIpc) is 3.46. The number of hydrogen-bond donors (Lipinski definition) is 0. The van der Waals surface area contributed by atoms with Crippen LogP contribution in [0.1, 0.15) is 68.8 Å². The van der Waals surface area contributed by atoms with Crippen molar-refractivity contribution in [3.8, 4) is 0 Å². The molecular weight excluding hydrogens is 508 g/mol. The summed E-state index contributed by atoms with van der Waals surface area (Å²) in [5.74, 6) is 1.97. The van der Waals surface area contributed by atoms with Gasteiger partial charge < -0.3 is 4.42 Å². The van der Waals surface area contributed by atoms with Crippen LogP contribution in [0.3, 0.4) is 0 Å². The van der Waals surface area contributed by atoms with Gasteiger partial charge in [0.15, 0.2) is 0 Å². The summed E-state index contributed by atoms with van der Waals surface area (Å²) in [5.41, 5.74) is 7.31. The van der Waals surface area contributed by atoms with Crippen LogP contribution in [0.15, 0.2) is 89.6 Å². The fourth-order valence-electron chi connectivity index (χ4n) is 3.31. The fourth-order valence-corrected chi connectivity index (χ4v) is 4.09. The van der Waals surface area contributed by atoms with E-state index in [1.165, 1.54) is 32.0 Å². The smallest absolute Gasteiger partial charge is 0.101 e. The molecule has 0 amide bonds. The van der Waals surface area contributed by atoms with Crippen LogP contribution in [0.4, 0.5) is 0 Å². The number of aryl methyl sites for hydroxylation is 10. The summed E-state index contributed by atoms with van der Waals surface area (Å²) >= 11 is 1.84. The minimum absolute atomic E-state index is 0.984. The van der Waals surface area contributed by atoms with Crippen molar-refractivity contribution in [1.82, 2.24) is 9.97 Å². The van der Waals surface area contributed by atoms with Crippen LogP contribution in [0.2, 0.25) is 0 Å². The molecule has 3 nitrogen and oxygen atoms in total. The summed E-state index contributed by atoms with van der Waals surface area (Å²) in [5, 5.41) is 0. The number of thiophene rings is 1. The maximum Gasteiger partial charge on any atom is 0.101 e. The van der Waals surface area contributed by atoms with Gasteiger partial charge in [0.05, 0.1) is 0 Å². The molecule has 0 radical (unpaired) electrons. The Hall–Kier alpha value is -3.50. The Balaban J connectivity index is 0.000000468. The summed E-state index contributed by atoms with van der Waals surface area (Å²) in [6.45, 7) is 24.4. The lowest BCUT2D eigenvalue weighted by molar-refractivity contribution is 0.504. The van der Waals surface area contributed by atoms with E-state index in [0.29, 0.717) is 0 Å². The molecule has 0 saturated carbocycles. The highest BCUT2D eigenvalue weighted by atomic mass is 32.1. The van der Waals surface area contributed by atoms with Crippen LogP contribution in [-0.2, 0) is 0 Å². The third-order valence-electron chi connectivity index (χ3n) is 4.96. The first-order valence-electron chi connectivity index (χ1n) is 13.8. The van der Waals surface area contributed by atoms with Crippen molar-refractivity contribution in [3.05, 3.63) is 140 Å². The molecule has 0 unspecified atom stereocenters. The number of pyridine rings is 2. The van der Waals surface area contributed by atoms with E-state index in [1.54, 1.807) is 0 Å². The van der Waals surface area contributed by atoms with Gasteiger partial charge in [0.25, 0.3) is 0 Å². The first-order chi connectivity index (χ1) is 18.9. The van der Waals surface area contributed by atoms with Crippen molar-refractivity contribution in [1.29, 1.82) is 0 Å². The third-order valence-corrected chi connectivity index (χ3v) is 5.88. The van der Waals surface area contributed by atoms with Gasteiger partial charge in [0.1, 0.15) is 11.5 Å². The van der Waals surface area contributed by atoms with Crippen LogP contribution < -0.4 is 0 Å². The second kappa shape index (κ2) is 21.3. The Morgan fingerprint density at radius 2 is 0.900 bits per heavy atom.